The van der Waals surface area contributed by atoms with Crippen LogP contribution in [0.15, 0.2) is 22.9 Å². The molecular weight excluding hydrogens is 382 g/mol. The van der Waals surface area contributed by atoms with E-state index in [-0.39, 0.29) is 6.10 Å². The molecule has 0 atom stereocenters. The molecule has 2 aliphatic rings. The lowest BCUT2D eigenvalue weighted by Crippen LogP contribution is -2.34. The molecule has 0 unspecified atom stereocenters. The number of rotatable bonds is 4. The van der Waals surface area contributed by atoms with Crippen molar-refractivity contribution in [2.24, 2.45) is 7.05 Å². The van der Waals surface area contributed by atoms with Gasteiger partial charge in [-0.25, -0.2) is 0 Å². The maximum Gasteiger partial charge on any atom is 0.139 e. The molecule has 1 aromatic heterocycles. The van der Waals surface area contributed by atoms with E-state index >= 15 is 0 Å². The molecule has 1 aliphatic heterocycles. The first kappa shape index (κ1) is 16.4. The van der Waals surface area contributed by atoms with Gasteiger partial charge in [-0.05, 0) is 53.7 Å². The van der Waals surface area contributed by atoms with Crippen LogP contribution in [0.3, 0.4) is 0 Å². The zero-order valence-electron chi connectivity index (χ0n) is 14.2. The zero-order valence-corrected chi connectivity index (χ0v) is 15.7. The number of ether oxygens (including phenoxy) is 1. The van der Waals surface area contributed by atoms with Crippen molar-refractivity contribution in [3.8, 4) is 11.8 Å². The summed E-state index contributed by atoms with van der Waals surface area (Å²) in [5.41, 5.74) is 1.59. The molecule has 2 aromatic rings. The molecule has 1 aromatic carbocycles. The summed E-state index contributed by atoms with van der Waals surface area (Å²) < 4.78 is 8.89. The van der Waals surface area contributed by atoms with Crippen molar-refractivity contribution >= 4 is 21.6 Å². The molecule has 0 bridgehead atoms. The molecule has 1 saturated heterocycles. The van der Waals surface area contributed by atoms with Gasteiger partial charge < -0.3 is 14.2 Å². The molecule has 4 rings (SSSR count). The van der Waals surface area contributed by atoms with E-state index in [2.05, 4.69) is 37.1 Å². The third-order valence-corrected chi connectivity index (χ3v) is 5.58. The molecule has 25 heavy (non-hydrogen) atoms. The summed E-state index contributed by atoms with van der Waals surface area (Å²) in [5.74, 6) is 2.17. The van der Waals surface area contributed by atoms with Gasteiger partial charge in [0.2, 0.25) is 0 Å². The molecule has 1 aliphatic carbocycles. The highest BCUT2D eigenvalue weighted by Crippen LogP contribution is 2.40. The maximum atomic E-state index is 9.73. The lowest BCUT2D eigenvalue weighted by molar-refractivity contribution is 0.302. The Morgan fingerprint density at radius 3 is 2.60 bits per heavy atom. The monoisotopic (exact) mass is 401 g/mol. The number of nitriles is 1. The van der Waals surface area contributed by atoms with E-state index in [1.54, 1.807) is 6.33 Å². The Labute approximate surface area is 155 Å². The number of aromatic nitrogens is 3. The Morgan fingerprint density at radius 2 is 2.00 bits per heavy atom. The molecule has 2 fully saturated rings. The predicted octanol–water partition coefficient (Wildman–Crippen LogP) is 3.37. The van der Waals surface area contributed by atoms with Gasteiger partial charge in [0.25, 0.3) is 0 Å². The van der Waals surface area contributed by atoms with E-state index in [1.165, 1.54) is 0 Å². The third-order valence-electron chi connectivity index (χ3n) is 4.94. The number of benzene rings is 1. The summed E-state index contributed by atoms with van der Waals surface area (Å²) in [7, 11) is 1.99. The van der Waals surface area contributed by atoms with Crippen LogP contribution >= 0.6 is 15.9 Å². The Bertz CT molecular complexity index is 815. The number of nitrogens with zero attached hydrogens (tertiary/aromatic N) is 5. The Kier molecular flexibility index (Phi) is 4.38. The van der Waals surface area contributed by atoms with Crippen molar-refractivity contribution in [3.05, 3.63) is 34.3 Å². The SMILES string of the molecule is Cn1cnnc1C1CCN(c2c(Br)ccc(OC3CC3)c2C#N)CC1. The van der Waals surface area contributed by atoms with Gasteiger partial charge in [0.1, 0.15) is 29.5 Å². The smallest absolute Gasteiger partial charge is 0.139 e. The van der Waals surface area contributed by atoms with Gasteiger partial charge in [0.05, 0.1) is 11.8 Å². The lowest BCUT2D eigenvalue weighted by atomic mass is 9.95. The van der Waals surface area contributed by atoms with Crippen LogP contribution < -0.4 is 9.64 Å². The van der Waals surface area contributed by atoms with Crippen LogP contribution in [-0.4, -0.2) is 34.0 Å². The van der Waals surface area contributed by atoms with Gasteiger partial charge in [-0.2, -0.15) is 5.26 Å². The molecule has 1 saturated carbocycles. The molecule has 0 spiro atoms. The Morgan fingerprint density at radius 1 is 1.24 bits per heavy atom. The van der Waals surface area contributed by atoms with E-state index in [4.69, 9.17) is 4.74 Å². The van der Waals surface area contributed by atoms with Gasteiger partial charge in [-0.3, -0.25) is 0 Å². The van der Waals surface area contributed by atoms with Crippen LogP contribution in [0.25, 0.3) is 0 Å². The van der Waals surface area contributed by atoms with Crippen molar-refractivity contribution in [3.63, 3.8) is 0 Å². The van der Waals surface area contributed by atoms with Crippen molar-refractivity contribution in [2.75, 3.05) is 18.0 Å². The van der Waals surface area contributed by atoms with Gasteiger partial charge >= 0.3 is 0 Å². The van der Waals surface area contributed by atoms with Crippen molar-refractivity contribution < 1.29 is 4.74 Å². The highest BCUT2D eigenvalue weighted by atomic mass is 79.9. The molecule has 0 radical (unpaired) electrons. The molecule has 0 amide bonds. The number of piperidine rings is 1. The minimum absolute atomic E-state index is 0.280. The molecular formula is C18H20BrN5O. The van der Waals surface area contributed by atoms with Crippen LogP contribution in [0.5, 0.6) is 5.75 Å². The zero-order chi connectivity index (χ0) is 17.4. The van der Waals surface area contributed by atoms with E-state index in [9.17, 15) is 5.26 Å². The summed E-state index contributed by atoms with van der Waals surface area (Å²) in [6, 6.07) is 6.25. The minimum Gasteiger partial charge on any atom is -0.489 e. The molecule has 2 heterocycles. The average molecular weight is 402 g/mol. The Hall–Kier alpha value is -2.07. The topological polar surface area (TPSA) is 67.0 Å². The van der Waals surface area contributed by atoms with Crippen LogP contribution in [0.2, 0.25) is 0 Å². The quantitative estimate of drug-likeness (QED) is 0.785. The van der Waals surface area contributed by atoms with Crippen LogP contribution in [0.4, 0.5) is 5.69 Å². The summed E-state index contributed by atoms with van der Waals surface area (Å²) in [5, 5.41) is 18.0. The number of aryl methyl sites for hydroxylation is 1. The number of hydrogen-bond acceptors (Lipinski definition) is 5. The maximum absolute atomic E-state index is 9.73. The third kappa shape index (κ3) is 3.23. The van der Waals surface area contributed by atoms with E-state index in [0.717, 1.165) is 54.8 Å². The first-order chi connectivity index (χ1) is 12.2. The van der Waals surface area contributed by atoms with Crippen LogP contribution in [0.1, 0.15) is 43.0 Å². The highest BCUT2D eigenvalue weighted by molar-refractivity contribution is 9.10. The van der Waals surface area contributed by atoms with Gasteiger partial charge in [-0.1, -0.05) is 0 Å². The lowest BCUT2D eigenvalue weighted by Gasteiger charge is -2.34. The second-order valence-electron chi connectivity index (χ2n) is 6.76. The fourth-order valence-corrected chi connectivity index (χ4v) is 4.03. The van der Waals surface area contributed by atoms with E-state index in [1.807, 2.05) is 23.7 Å². The predicted molar refractivity (Wildman–Crippen MR) is 97.7 cm³/mol. The first-order valence-electron chi connectivity index (χ1n) is 8.65. The van der Waals surface area contributed by atoms with E-state index in [0.29, 0.717) is 17.2 Å². The summed E-state index contributed by atoms with van der Waals surface area (Å²) in [6.45, 7) is 1.77. The normalized spacial score (nSPS) is 18.2. The largest absolute Gasteiger partial charge is 0.489 e. The molecule has 7 heteroatoms. The summed E-state index contributed by atoms with van der Waals surface area (Å²) in [6.07, 6.45) is 6.20. The second kappa shape index (κ2) is 6.68. The summed E-state index contributed by atoms with van der Waals surface area (Å²) >= 11 is 3.63. The minimum atomic E-state index is 0.280. The van der Waals surface area contributed by atoms with Gasteiger partial charge in [-0.15, -0.1) is 10.2 Å². The van der Waals surface area contributed by atoms with E-state index < -0.39 is 0 Å². The molecule has 6 nitrogen and oxygen atoms in total. The van der Waals surface area contributed by atoms with Crippen molar-refractivity contribution in [1.29, 1.82) is 5.26 Å². The second-order valence-corrected chi connectivity index (χ2v) is 7.61. The van der Waals surface area contributed by atoms with Crippen molar-refractivity contribution in [2.45, 2.75) is 37.7 Å². The molecule has 0 N–H and O–H groups in total. The number of anilines is 1. The standard InChI is InChI=1S/C18H20BrN5O/c1-23-11-21-22-18(23)12-6-8-24(9-7-12)17-14(10-20)16(5-4-15(17)19)25-13-2-3-13/h4-5,11-13H,2-3,6-9H2,1H3. The van der Waals surface area contributed by atoms with Gasteiger partial charge in [0.15, 0.2) is 0 Å². The first-order valence-corrected chi connectivity index (χ1v) is 9.44. The summed E-state index contributed by atoms with van der Waals surface area (Å²) in [4.78, 5) is 2.29. The van der Waals surface area contributed by atoms with Gasteiger partial charge in [0, 0.05) is 30.5 Å². The molecule has 130 valence electrons. The van der Waals surface area contributed by atoms with Crippen LogP contribution in [0, 0.1) is 11.3 Å². The average Bonchev–Trinajstić information content (AvgIpc) is 3.34. The fourth-order valence-electron chi connectivity index (χ4n) is 3.45. The number of hydrogen-bond donors (Lipinski definition) is 0. The Balaban J connectivity index is 1.56. The van der Waals surface area contributed by atoms with Crippen LogP contribution in [-0.2, 0) is 7.05 Å². The number of halogens is 1. The highest BCUT2D eigenvalue weighted by Gasteiger charge is 2.29. The van der Waals surface area contributed by atoms with Crippen molar-refractivity contribution in [1.82, 2.24) is 14.8 Å². The fraction of sp³-hybridized carbons (Fsp3) is 0.500.